The number of Topliss-reactive ketones (excluding diaryl/α,β-unsaturated/α-hetero) is 1. The van der Waals surface area contributed by atoms with Crippen LogP contribution in [0.25, 0.3) is 0 Å². The van der Waals surface area contributed by atoms with Crippen molar-refractivity contribution in [2.45, 2.75) is 25.3 Å². The Hall–Kier alpha value is -0.410. The van der Waals surface area contributed by atoms with Gasteiger partial charge in [-0.2, -0.15) is 0 Å². The zero-order valence-corrected chi connectivity index (χ0v) is 7.29. The summed E-state index contributed by atoms with van der Waals surface area (Å²) < 4.78 is 5.29. The lowest BCUT2D eigenvalue weighted by molar-refractivity contribution is -0.122. The molecular formula is C9H15NO2. The summed E-state index contributed by atoms with van der Waals surface area (Å²) in [6.45, 7) is 3.44. The van der Waals surface area contributed by atoms with Crippen LogP contribution in [0.2, 0.25) is 0 Å². The van der Waals surface area contributed by atoms with E-state index >= 15 is 0 Å². The number of ketones is 1. The first-order valence-electron chi connectivity index (χ1n) is 4.70. The number of ether oxygens (including phenoxy) is 1. The second-order valence-electron chi connectivity index (χ2n) is 3.63. The third-order valence-corrected chi connectivity index (χ3v) is 2.70. The van der Waals surface area contributed by atoms with E-state index in [9.17, 15) is 4.79 Å². The van der Waals surface area contributed by atoms with Crippen LogP contribution in [0.15, 0.2) is 0 Å². The summed E-state index contributed by atoms with van der Waals surface area (Å²) in [5.74, 6) is 0.396. The van der Waals surface area contributed by atoms with E-state index in [1.807, 2.05) is 0 Å². The maximum Gasteiger partial charge on any atom is 0.146 e. The van der Waals surface area contributed by atoms with Crippen molar-refractivity contribution in [2.24, 2.45) is 0 Å². The van der Waals surface area contributed by atoms with Gasteiger partial charge in [-0.1, -0.05) is 0 Å². The fraction of sp³-hybridized carbons (Fsp3) is 0.889. The number of carbonyl (C=O) groups excluding carboxylic acids is 1. The van der Waals surface area contributed by atoms with Crippen LogP contribution in [-0.2, 0) is 9.53 Å². The monoisotopic (exact) mass is 169 g/mol. The van der Waals surface area contributed by atoms with Gasteiger partial charge in [-0.05, 0) is 19.4 Å². The van der Waals surface area contributed by atoms with Crippen molar-refractivity contribution in [1.29, 1.82) is 0 Å². The maximum absolute atomic E-state index is 11.1. The van der Waals surface area contributed by atoms with Crippen LogP contribution in [0, 0.1) is 0 Å². The molecule has 2 rings (SSSR count). The van der Waals surface area contributed by atoms with Crippen LogP contribution in [0.5, 0.6) is 0 Å². The standard InChI is InChI=1S/C9H15NO2/c11-9-2-1-4-10(6-9)8-3-5-12-7-8/h8H,1-7H2. The van der Waals surface area contributed by atoms with Crippen LogP contribution in [0.4, 0.5) is 0 Å². The minimum Gasteiger partial charge on any atom is -0.380 e. The number of hydrogen-bond donors (Lipinski definition) is 0. The minimum absolute atomic E-state index is 0.396. The molecular weight excluding hydrogens is 154 g/mol. The quantitative estimate of drug-likeness (QED) is 0.570. The van der Waals surface area contributed by atoms with Gasteiger partial charge in [0.2, 0.25) is 0 Å². The zero-order valence-electron chi connectivity index (χ0n) is 7.29. The van der Waals surface area contributed by atoms with Crippen molar-refractivity contribution < 1.29 is 9.53 Å². The highest BCUT2D eigenvalue weighted by molar-refractivity contribution is 5.81. The Labute approximate surface area is 72.7 Å². The van der Waals surface area contributed by atoms with Crippen molar-refractivity contribution in [3.63, 3.8) is 0 Å². The van der Waals surface area contributed by atoms with Gasteiger partial charge in [0.15, 0.2) is 0 Å². The lowest BCUT2D eigenvalue weighted by Gasteiger charge is -2.30. The third kappa shape index (κ3) is 1.67. The van der Waals surface area contributed by atoms with Gasteiger partial charge in [-0.3, -0.25) is 9.69 Å². The number of likely N-dealkylation sites (tertiary alicyclic amines) is 1. The molecule has 0 aromatic carbocycles. The molecule has 0 aromatic heterocycles. The second kappa shape index (κ2) is 3.54. The minimum atomic E-state index is 0.396. The van der Waals surface area contributed by atoms with Crippen LogP contribution in [-0.4, -0.2) is 43.0 Å². The summed E-state index contributed by atoms with van der Waals surface area (Å²) in [7, 11) is 0. The summed E-state index contributed by atoms with van der Waals surface area (Å²) >= 11 is 0. The van der Waals surface area contributed by atoms with Crippen molar-refractivity contribution in [2.75, 3.05) is 26.3 Å². The molecule has 3 nitrogen and oxygen atoms in total. The number of hydrogen-bond acceptors (Lipinski definition) is 3. The highest BCUT2D eigenvalue weighted by Crippen LogP contribution is 2.16. The van der Waals surface area contributed by atoms with E-state index in [4.69, 9.17) is 4.74 Å². The van der Waals surface area contributed by atoms with Crippen LogP contribution < -0.4 is 0 Å². The van der Waals surface area contributed by atoms with Crippen LogP contribution >= 0.6 is 0 Å². The molecule has 2 aliphatic heterocycles. The summed E-state index contributed by atoms with van der Waals surface area (Å²) in [4.78, 5) is 13.4. The molecule has 68 valence electrons. The first-order valence-corrected chi connectivity index (χ1v) is 4.70. The molecule has 0 amide bonds. The third-order valence-electron chi connectivity index (χ3n) is 2.70. The highest BCUT2D eigenvalue weighted by Gasteiger charge is 2.26. The van der Waals surface area contributed by atoms with E-state index in [-0.39, 0.29) is 0 Å². The summed E-state index contributed by atoms with van der Waals surface area (Å²) in [6.07, 6.45) is 2.92. The average Bonchev–Trinajstić information content (AvgIpc) is 2.56. The fourth-order valence-corrected chi connectivity index (χ4v) is 1.99. The van der Waals surface area contributed by atoms with E-state index in [1.165, 1.54) is 0 Å². The first kappa shape index (κ1) is 8.20. The van der Waals surface area contributed by atoms with Crippen molar-refractivity contribution in [3.05, 3.63) is 0 Å². The molecule has 3 heteroatoms. The Morgan fingerprint density at radius 3 is 3.08 bits per heavy atom. The lowest BCUT2D eigenvalue weighted by Crippen LogP contribution is -2.43. The Bertz CT molecular complexity index is 175. The number of piperidine rings is 1. The molecule has 2 heterocycles. The SMILES string of the molecule is O=C1CCCN(C2CCOC2)C1. The Balaban J connectivity index is 1.89. The average molecular weight is 169 g/mol. The predicted molar refractivity (Wildman–Crippen MR) is 45.0 cm³/mol. The van der Waals surface area contributed by atoms with Gasteiger partial charge in [-0.25, -0.2) is 0 Å². The molecule has 0 N–H and O–H groups in total. The Morgan fingerprint density at radius 1 is 1.50 bits per heavy atom. The van der Waals surface area contributed by atoms with Gasteiger partial charge in [0.1, 0.15) is 5.78 Å². The largest absolute Gasteiger partial charge is 0.380 e. The molecule has 2 fully saturated rings. The smallest absolute Gasteiger partial charge is 0.146 e. The van der Waals surface area contributed by atoms with E-state index in [1.54, 1.807) is 0 Å². The molecule has 0 bridgehead atoms. The van der Waals surface area contributed by atoms with Gasteiger partial charge in [0, 0.05) is 19.1 Å². The highest BCUT2D eigenvalue weighted by atomic mass is 16.5. The van der Waals surface area contributed by atoms with Crippen molar-refractivity contribution in [1.82, 2.24) is 4.90 Å². The molecule has 0 saturated carbocycles. The predicted octanol–water partition coefficient (Wildman–Crippen LogP) is 0.440. The first-order chi connectivity index (χ1) is 5.86. The van der Waals surface area contributed by atoms with Gasteiger partial charge in [0.05, 0.1) is 13.2 Å². The van der Waals surface area contributed by atoms with Gasteiger partial charge >= 0.3 is 0 Å². The number of nitrogens with zero attached hydrogens (tertiary/aromatic N) is 1. The Morgan fingerprint density at radius 2 is 2.42 bits per heavy atom. The van der Waals surface area contributed by atoms with Gasteiger partial charge in [0.25, 0.3) is 0 Å². The van der Waals surface area contributed by atoms with E-state index in [2.05, 4.69) is 4.90 Å². The van der Waals surface area contributed by atoms with Crippen molar-refractivity contribution in [3.8, 4) is 0 Å². The zero-order chi connectivity index (χ0) is 8.39. The van der Waals surface area contributed by atoms with E-state index in [0.717, 1.165) is 39.0 Å². The molecule has 0 radical (unpaired) electrons. The fourth-order valence-electron chi connectivity index (χ4n) is 1.99. The van der Waals surface area contributed by atoms with E-state index in [0.29, 0.717) is 18.4 Å². The van der Waals surface area contributed by atoms with Gasteiger partial charge in [-0.15, -0.1) is 0 Å². The molecule has 2 aliphatic rings. The Kier molecular flexibility index (Phi) is 2.42. The molecule has 1 atom stereocenters. The molecule has 12 heavy (non-hydrogen) atoms. The molecule has 0 spiro atoms. The summed E-state index contributed by atoms with van der Waals surface area (Å²) in [5.41, 5.74) is 0. The number of rotatable bonds is 1. The molecule has 0 aromatic rings. The lowest BCUT2D eigenvalue weighted by atomic mass is 10.1. The van der Waals surface area contributed by atoms with Crippen molar-refractivity contribution >= 4 is 5.78 Å². The van der Waals surface area contributed by atoms with Crippen LogP contribution in [0.1, 0.15) is 19.3 Å². The van der Waals surface area contributed by atoms with Gasteiger partial charge < -0.3 is 4.74 Å². The summed E-state index contributed by atoms with van der Waals surface area (Å²) in [5, 5.41) is 0. The maximum atomic E-state index is 11.1. The summed E-state index contributed by atoms with van der Waals surface area (Å²) in [6, 6.07) is 0.522. The second-order valence-corrected chi connectivity index (χ2v) is 3.63. The molecule has 0 aliphatic carbocycles. The van der Waals surface area contributed by atoms with Crippen LogP contribution in [0.3, 0.4) is 0 Å². The number of carbonyl (C=O) groups is 1. The normalized spacial score (nSPS) is 32.7. The van der Waals surface area contributed by atoms with E-state index < -0.39 is 0 Å². The molecule has 2 saturated heterocycles. The molecule has 1 unspecified atom stereocenters. The topological polar surface area (TPSA) is 29.5 Å².